The number of nitrogens with two attached hydrogens (primary N) is 1. The van der Waals surface area contributed by atoms with Crippen LogP contribution in [0, 0.1) is 0 Å². The lowest BCUT2D eigenvalue weighted by atomic mass is 10.00. The van der Waals surface area contributed by atoms with Crippen molar-refractivity contribution in [3.8, 4) is 11.5 Å². The largest absolute Gasteiger partial charge is 0.494 e. The van der Waals surface area contributed by atoms with Gasteiger partial charge in [0.2, 0.25) is 0 Å². The van der Waals surface area contributed by atoms with Gasteiger partial charge in [-0.25, -0.2) is 0 Å². The molecule has 0 amide bonds. The second-order valence-electron chi connectivity index (χ2n) is 5.33. The number of ether oxygens (including phenoxy) is 2. The number of hydrogen-bond donors (Lipinski definition) is 2. The zero-order chi connectivity index (χ0) is 14.8. The molecule has 0 saturated carbocycles. The molecule has 3 N–H and O–H groups in total. The normalized spacial score (nSPS) is 13.8. The summed E-state index contributed by atoms with van der Waals surface area (Å²) < 4.78 is 11.2. The minimum absolute atomic E-state index is 0.299. The Balaban J connectivity index is 2.19. The molecule has 0 fully saturated rings. The van der Waals surface area contributed by atoms with E-state index < -0.39 is 5.60 Å². The van der Waals surface area contributed by atoms with E-state index in [-0.39, 0.29) is 0 Å². The van der Waals surface area contributed by atoms with Gasteiger partial charge in [0, 0.05) is 6.54 Å². The SMILES string of the molecule is CCCOc1ccc(OCCCCC(C)(O)CN)cc1. The summed E-state index contributed by atoms with van der Waals surface area (Å²) in [5.74, 6) is 1.72. The van der Waals surface area contributed by atoms with Gasteiger partial charge in [0.25, 0.3) is 0 Å². The van der Waals surface area contributed by atoms with Gasteiger partial charge in [-0.3, -0.25) is 0 Å². The van der Waals surface area contributed by atoms with Crippen LogP contribution in [0.15, 0.2) is 24.3 Å². The molecule has 0 aliphatic carbocycles. The molecule has 1 unspecified atom stereocenters. The molecule has 1 atom stereocenters. The van der Waals surface area contributed by atoms with E-state index in [0.717, 1.165) is 37.4 Å². The fourth-order valence-corrected chi connectivity index (χ4v) is 1.75. The zero-order valence-electron chi connectivity index (χ0n) is 12.6. The van der Waals surface area contributed by atoms with Gasteiger partial charge in [-0.15, -0.1) is 0 Å². The Hall–Kier alpha value is -1.26. The van der Waals surface area contributed by atoms with E-state index in [9.17, 15) is 5.11 Å². The molecule has 1 aromatic carbocycles. The third kappa shape index (κ3) is 6.78. The molecule has 0 spiro atoms. The molecule has 20 heavy (non-hydrogen) atoms. The molecule has 4 nitrogen and oxygen atoms in total. The summed E-state index contributed by atoms with van der Waals surface area (Å²) in [7, 11) is 0. The summed E-state index contributed by atoms with van der Waals surface area (Å²) in [4.78, 5) is 0. The molecule has 0 aromatic heterocycles. The molecular formula is C16H27NO3. The highest BCUT2D eigenvalue weighted by atomic mass is 16.5. The lowest BCUT2D eigenvalue weighted by Gasteiger charge is -2.20. The number of rotatable bonds is 10. The van der Waals surface area contributed by atoms with Gasteiger partial charge in [0.15, 0.2) is 0 Å². The van der Waals surface area contributed by atoms with Crippen LogP contribution in [0.2, 0.25) is 0 Å². The monoisotopic (exact) mass is 281 g/mol. The highest BCUT2D eigenvalue weighted by Gasteiger charge is 2.16. The van der Waals surface area contributed by atoms with Crippen molar-refractivity contribution in [3.63, 3.8) is 0 Å². The molecule has 1 rings (SSSR count). The Bertz CT molecular complexity index is 362. The molecule has 4 heteroatoms. The summed E-state index contributed by atoms with van der Waals surface area (Å²) in [6.45, 7) is 5.53. The minimum atomic E-state index is -0.752. The fourth-order valence-electron chi connectivity index (χ4n) is 1.75. The maximum Gasteiger partial charge on any atom is 0.119 e. The van der Waals surface area contributed by atoms with Gasteiger partial charge in [-0.05, 0) is 56.9 Å². The van der Waals surface area contributed by atoms with Crippen LogP contribution in [0.4, 0.5) is 0 Å². The van der Waals surface area contributed by atoms with Crippen molar-refractivity contribution >= 4 is 0 Å². The Morgan fingerprint density at radius 2 is 1.60 bits per heavy atom. The van der Waals surface area contributed by atoms with E-state index in [4.69, 9.17) is 15.2 Å². The van der Waals surface area contributed by atoms with E-state index in [1.54, 1.807) is 6.92 Å². The van der Waals surface area contributed by atoms with E-state index in [2.05, 4.69) is 6.92 Å². The number of benzene rings is 1. The number of hydrogen-bond acceptors (Lipinski definition) is 4. The lowest BCUT2D eigenvalue weighted by molar-refractivity contribution is 0.0562. The van der Waals surface area contributed by atoms with Crippen LogP contribution in [0.3, 0.4) is 0 Å². The first-order valence-corrected chi connectivity index (χ1v) is 7.35. The van der Waals surface area contributed by atoms with Crippen LogP contribution in [0.5, 0.6) is 11.5 Å². The van der Waals surface area contributed by atoms with Crippen molar-refractivity contribution in [2.45, 2.75) is 45.1 Å². The van der Waals surface area contributed by atoms with Crippen LogP contribution in [-0.2, 0) is 0 Å². The van der Waals surface area contributed by atoms with Crippen LogP contribution in [0.25, 0.3) is 0 Å². The first-order valence-electron chi connectivity index (χ1n) is 7.35. The molecule has 1 aromatic rings. The predicted octanol–water partition coefficient (Wildman–Crippen LogP) is 2.73. The van der Waals surface area contributed by atoms with E-state index >= 15 is 0 Å². The zero-order valence-corrected chi connectivity index (χ0v) is 12.6. The summed E-state index contributed by atoms with van der Waals surface area (Å²) >= 11 is 0. The minimum Gasteiger partial charge on any atom is -0.494 e. The average Bonchev–Trinajstić information content (AvgIpc) is 2.46. The van der Waals surface area contributed by atoms with Crippen molar-refractivity contribution in [2.75, 3.05) is 19.8 Å². The van der Waals surface area contributed by atoms with Crippen molar-refractivity contribution < 1.29 is 14.6 Å². The second-order valence-corrected chi connectivity index (χ2v) is 5.33. The van der Waals surface area contributed by atoms with E-state index in [1.807, 2.05) is 24.3 Å². The molecule has 114 valence electrons. The Morgan fingerprint density at radius 3 is 2.10 bits per heavy atom. The predicted molar refractivity (Wildman–Crippen MR) is 81.3 cm³/mol. The molecule has 0 bridgehead atoms. The first kappa shape index (κ1) is 16.8. The third-order valence-corrected chi connectivity index (χ3v) is 3.11. The van der Waals surface area contributed by atoms with Gasteiger partial charge in [0.1, 0.15) is 11.5 Å². The summed E-state index contributed by atoms with van der Waals surface area (Å²) in [5, 5.41) is 9.76. The van der Waals surface area contributed by atoms with E-state index in [1.165, 1.54) is 0 Å². The van der Waals surface area contributed by atoms with Crippen LogP contribution >= 0.6 is 0 Å². The molecule has 0 radical (unpaired) electrons. The van der Waals surface area contributed by atoms with Crippen molar-refractivity contribution in [2.24, 2.45) is 5.73 Å². The topological polar surface area (TPSA) is 64.7 Å². The van der Waals surface area contributed by atoms with Crippen molar-refractivity contribution in [1.82, 2.24) is 0 Å². The summed E-state index contributed by atoms with van der Waals surface area (Å²) in [6, 6.07) is 7.68. The van der Waals surface area contributed by atoms with E-state index in [0.29, 0.717) is 19.6 Å². The standard InChI is InChI=1S/C16H27NO3/c1-3-11-19-14-6-8-15(9-7-14)20-12-5-4-10-16(2,18)13-17/h6-9,18H,3-5,10-13,17H2,1-2H3. The third-order valence-electron chi connectivity index (χ3n) is 3.11. The number of aliphatic hydroxyl groups is 1. The Labute approximate surface area is 121 Å². The molecule has 0 saturated heterocycles. The summed E-state index contributed by atoms with van der Waals surface area (Å²) in [6.07, 6.45) is 3.52. The smallest absolute Gasteiger partial charge is 0.119 e. The fraction of sp³-hybridized carbons (Fsp3) is 0.625. The van der Waals surface area contributed by atoms with Crippen LogP contribution in [0.1, 0.15) is 39.5 Å². The maximum atomic E-state index is 9.76. The molecular weight excluding hydrogens is 254 g/mol. The van der Waals surface area contributed by atoms with Gasteiger partial charge < -0.3 is 20.3 Å². The van der Waals surface area contributed by atoms with Gasteiger partial charge in [-0.2, -0.15) is 0 Å². The quantitative estimate of drug-likeness (QED) is 0.647. The Kier molecular flexibility index (Phi) is 7.41. The van der Waals surface area contributed by atoms with Crippen LogP contribution in [-0.4, -0.2) is 30.5 Å². The van der Waals surface area contributed by atoms with Gasteiger partial charge in [0.05, 0.1) is 18.8 Å². The lowest BCUT2D eigenvalue weighted by Crippen LogP contribution is -2.33. The molecule has 0 aliphatic rings. The highest BCUT2D eigenvalue weighted by molar-refractivity contribution is 5.31. The average molecular weight is 281 g/mol. The van der Waals surface area contributed by atoms with Gasteiger partial charge in [-0.1, -0.05) is 6.92 Å². The van der Waals surface area contributed by atoms with Crippen molar-refractivity contribution in [3.05, 3.63) is 24.3 Å². The molecule has 0 heterocycles. The second kappa shape index (κ2) is 8.82. The van der Waals surface area contributed by atoms with Crippen molar-refractivity contribution in [1.29, 1.82) is 0 Å². The van der Waals surface area contributed by atoms with Gasteiger partial charge >= 0.3 is 0 Å². The number of unbranched alkanes of at least 4 members (excludes halogenated alkanes) is 1. The van der Waals surface area contributed by atoms with Crippen LogP contribution < -0.4 is 15.2 Å². The first-order chi connectivity index (χ1) is 9.57. The Morgan fingerprint density at radius 1 is 1.05 bits per heavy atom. The summed E-state index contributed by atoms with van der Waals surface area (Å²) in [5.41, 5.74) is 4.72. The maximum absolute atomic E-state index is 9.76. The molecule has 0 aliphatic heterocycles. The highest BCUT2D eigenvalue weighted by Crippen LogP contribution is 2.18.